The first-order valence-electron chi connectivity index (χ1n) is 12.9. The van der Waals surface area contributed by atoms with Gasteiger partial charge in [0.25, 0.3) is 0 Å². The van der Waals surface area contributed by atoms with Crippen LogP contribution >= 0.6 is 0 Å². The van der Waals surface area contributed by atoms with Crippen LogP contribution < -0.4 is 4.72 Å². The highest BCUT2D eigenvalue weighted by Crippen LogP contribution is 2.31. The standard InChI is InChI=1S/C29H32F3NO7S/c1-36-28-27(39-20-23-15-9-4-10-16-23)26(38-19-22-13-7-3-8-14-22)25(37-18-21-11-5-2-6-12-21)24(40-28)17-33-41(34,35)29(30,31)32/h2-16,24-28,33H,17-20H2,1H3/t24-,25-,26+,27-,28+/m1/s1. The second-order valence-electron chi connectivity index (χ2n) is 9.36. The number of hydrogen-bond donors (Lipinski definition) is 1. The van der Waals surface area contributed by atoms with Gasteiger partial charge in [-0.05, 0) is 16.7 Å². The lowest BCUT2D eigenvalue weighted by molar-refractivity contribution is -0.316. The van der Waals surface area contributed by atoms with E-state index >= 15 is 0 Å². The average Bonchev–Trinajstić information content (AvgIpc) is 2.98. The molecule has 0 spiro atoms. The van der Waals surface area contributed by atoms with Crippen molar-refractivity contribution in [2.45, 2.75) is 56.0 Å². The summed E-state index contributed by atoms with van der Waals surface area (Å²) in [6, 6.07) is 27.8. The largest absolute Gasteiger partial charge is 0.511 e. The van der Waals surface area contributed by atoms with Gasteiger partial charge in [-0.2, -0.15) is 13.2 Å². The maximum Gasteiger partial charge on any atom is 0.511 e. The van der Waals surface area contributed by atoms with Crippen LogP contribution in [0.1, 0.15) is 16.7 Å². The lowest BCUT2D eigenvalue weighted by Crippen LogP contribution is -2.63. The maximum absolute atomic E-state index is 13.1. The summed E-state index contributed by atoms with van der Waals surface area (Å²) in [4.78, 5) is 0. The quantitative estimate of drug-likeness (QED) is 0.310. The molecule has 5 atom stereocenters. The van der Waals surface area contributed by atoms with Crippen molar-refractivity contribution >= 4 is 10.0 Å². The predicted molar refractivity (Wildman–Crippen MR) is 144 cm³/mol. The van der Waals surface area contributed by atoms with Crippen molar-refractivity contribution in [1.29, 1.82) is 0 Å². The van der Waals surface area contributed by atoms with E-state index in [1.165, 1.54) is 7.11 Å². The molecule has 0 bridgehead atoms. The molecule has 0 aliphatic carbocycles. The Hall–Kier alpha value is -2.84. The molecule has 1 saturated heterocycles. The van der Waals surface area contributed by atoms with Gasteiger partial charge in [0.1, 0.15) is 24.4 Å². The zero-order chi connectivity index (χ0) is 29.3. The lowest BCUT2D eigenvalue weighted by Gasteiger charge is -2.45. The summed E-state index contributed by atoms with van der Waals surface area (Å²) in [5, 5.41) is 0. The Balaban J connectivity index is 1.64. The van der Waals surface area contributed by atoms with Crippen molar-refractivity contribution in [1.82, 2.24) is 4.72 Å². The summed E-state index contributed by atoms with van der Waals surface area (Å²) < 4.78 is 94.9. The molecule has 0 radical (unpaired) electrons. The maximum atomic E-state index is 13.1. The third kappa shape index (κ3) is 8.58. The Morgan fingerprint density at radius 2 is 1.12 bits per heavy atom. The van der Waals surface area contributed by atoms with Crippen molar-refractivity contribution in [2.24, 2.45) is 0 Å². The van der Waals surface area contributed by atoms with E-state index < -0.39 is 52.8 Å². The minimum absolute atomic E-state index is 0.0611. The van der Waals surface area contributed by atoms with Crippen molar-refractivity contribution < 1.29 is 45.3 Å². The third-order valence-corrected chi connectivity index (χ3v) is 7.61. The average molecular weight is 596 g/mol. The number of sulfonamides is 1. The molecule has 4 rings (SSSR count). The summed E-state index contributed by atoms with van der Waals surface area (Å²) in [6.45, 7) is -0.389. The zero-order valence-electron chi connectivity index (χ0n) is 22.3. The number of halogens is 3. The summed E-state index contributed by atoms with van der Waals surface area (Å²) in [7, 11) is -4.28. The van der Waals surface area contributed by atoms with Crippen LogP contribution in [0.3, 0.4) is 0 Å². The molecule has 41 heavy (non-hydrogen) atoms. The molecule has 8 nitrogen and oxygen atoms in total. The molecule has 3 aromatic rings. The Kier molecular flexibility index (Phi) is 10.9. The number of benzene rings is 3. The predicted octanol–water partition coefficient (Wildman–Crippen LogP) is 4.55. The molecular formula is C29H32F3NO7S. The van der Waals surface area contributed by atoms with E-state index in [-0.39, 0.29) is 19.8 Å². The molecule has 3 aromatic carbocycles. The fraction of sp³-hybridized carbons (Fsp3) is 0.379. The van der Waals surface area contributed by atoms with Crippen LogP contribution in [0.2, 0.25) is 0 Å². The van der Waals surface area contributed by atoms with Gasteiger partial charge in [0.05, 0.1) is 19.8 Å². The summed E-state index contributed by atoms with van der Waals surface area (Å²) >= 11 is 0. The summed E-state index contributed by atoms with van der Waals surface area (Å²) in [5.41, 5.74) is -3.00. The highest BCUT2D eigenvalue weighted by molar-refractivity contribution is 7.90. The molecule has 0 saturated carbocycles. The molecule has 1 fully saturated rings. The highest BCUT2D eigenvalue weighted by atomic mass is 32.2. The fourth-order valence-electron chi connectivity index (χ4n) is 4.37. The van der Waals surface area contributed by atoms with Gasteiger partial charge in [-0.25, -0.2) is 13.1 Å². The Morgan fingerprint density at radius 1 is 0.707 bits per heavy atom. The van der Waals surface area contributed by atoms with E-state index in [2.05, 4.69) is 0 Å². The van der Waals surface area contributed by atoms with Crippen LogP contribution in [0.15, 0.2) is 91.0 Å². The lowest BCUT2D eigenvalue weighted by atomic mass is 9.97. The number of nitrogens with one attached hydrogen (secondary N) is 1. The van der Waals surface area contributed by atoms with Crippen molar-refractivity contribution in [2.75, 3.05) is 13.7 Å². The number of alkyl halides is 3. The molecule has 0 unspecified atom stereocenters. The Morgan fingerprint density at radius 3 is 1.54 bits per heavy atom. The van der Waals surface area contributed by atoms with E-state index in [4.69, 9.17) is 23.7 Å². The number of methoxy groups -OCH3 is 1. The Labute approximate surface area is 237 Å². The molecular weight excluding hydrogens is 563 g/mol. The van der Waals surface area contributed by atoms with E-state index in [0.717, 1.165) is 16.7 Å². The number of ether oxygens (including phenoxy) is 5. The van der Waals surface area contributed by atoms with Crippen molar-refractivity contribution in [3.8, 4) is 0 Å². The molecule has 1 aliphatic rings. The molecule has 1 heterocycles. The monoisotopic (exact) mass is 595 g/mol. The molecule has 0 aromatic heterocycles. The second-order valence-corrected chi connectivity index (χ2v) is 11.1. The number of rotatable bonds is 13. The van der Waals surface area contributed by atoms with Gasteiger partial charge in [-0.15, -0.1) is 0 Å². The molecule has 12 heteroatoms. The van der Waals surface area contributed by atoms with Crippen LogP contribution in [0.25, 0.3) is 0 Å². The van der Waals surface area contributed by atoms with E-state index in [1.807, 2.05) is 91.0 Å². The van der Waals surface area contributed by atoms with Crippen LogP contribution in [-0.4, -0.2) is 58.3 Å². The normalized spacial score (nSPS) is 23.4. The van der Waals surface area contributed by atoms with Crippen molar-refractivity contribution in [3.63, 3.8) is 0 Å². The summed E-state index contributed by atoms with van der Waals surface area (Å²) in [5.74, 6) is 0. The first kappa shape index (κ1) is 31.1. The van der Waals surface area contributed by atoms with Crippen molar-refractivity contribution in [3.05, 3.63) is 108 Å². The topological polar surface area (TPSA) is 92.3 Å². The van der Waals surface area contributed by atoms with Gasteiger partial charge in [0.2, 0.25) is 0 Å². The zero-order valence-corrected chi connectivity index (χ0v) is 23.1. The van der Waals surface area contributed by atoms with Gasteiger partial charge in [0, 0.05) is 13.7 Å². The fourth-order valence-corrected chi connectivity index (χ4v) is 4.92. The molecule has 222 valence electrons. The minimum Gasteiger partial charge on any atom is -0.368 e. The third-order valence-electron chi connectivity index (χ3n) is 6.46. The van der Waals surface area contributed by atoms with Crippen LogP contribution in [0.5, 0.6) is 0 Å². The Bertz CT molecular complexity index is 1300. The first-order valence-corrected chi connectivity index (χ1v) is 14.4. The smallest absolute Gasteiger partial charge is 0.368 e. The first-order chi connectivity index (χ1) is 19.7. The van der Waals surface area contributed by atoms with Gasteiger partial charge in [-0.1, -0.05) is 91.0 Å². The van der Waals surface area contributed by atoms with E-state index in [0.29, 0.717) is 0 Å². The van der Waals surface area contributed by atoms with Gasteiger partial charge in [-0.3, -0.25) is 0 Å². The minimum atomic E-state index is -5.64. The van der Waals surface area contributed by atoms with Gasteiger partial charge >= 0.3 is 15.5 Å². The number of hydrogen-bond acceptors (Lipinski definition) is 7. The van der Waals surface area contributed by atoms with Gasteiger partial charge in [0.15, 0.2) is 6.29 Å². The molecule has 1 aliphatic heterocycles. The second kappa shape index (κ2) is 14.4. The molecule has 0 amide bonds. The SMILES string of the molecule is CO[C@H]1O[C@H](CNS(=O)(=O)C(F)(F)F)[C@@H](OCc2ccccc2)[C@H](OCc2ccccc2)[C@H]1OCc1ccccc1. The van der Waals surface area contributed by atoms with E-state index in [9.17, 15) is 21.6 Å². The van der Waals surface area contributed by atoms with Crippen LogP contribution in [-0.2, 0) is 53.5 Å². The molecule has 1 N–H and O–H groups in total. The highest BCUT2D eigenvalue weighted by Gasteiger charge is 2.51. The van der Waals surface area contributed by atoms with Crippen LogP contribution in [0, 0.1) is 0 Å². The van der Waals surface area contributed by atoms with Gasteiger partial charge < -0.3 is 23.7 Å². The summed E-state index contributed by atoms with van der Waals surface area (Å²) in [6.07, 6.45) is -5.14. The van der Waals surface area contributed by atoms with E-state index in [1.54, 1.807) is 4.72 Å². The van der Waals surface area contributed by atoms with Crippen LogP contribution in [0.4, 0.5) is 13.2 Å².